The lowest BCUT2D eigenvalue weighted by molar-refractivity contribution is -0.152. The van der Waals surface area contributed by atoms with Crippen molar-refractivity contribution in [2.45, 2.75) is 39.7 Å². The van der Waals surface area contributed by atoms with Gasteiger partial charge in [0.1, 0.15) is 0 Å². The van der Waals surface area contributed by atoms with Crippen LogP contribution in [-0.4, -0.2) is 29.1 Å². The van der Waals surface area contributed by atoms with Gasteiger partial charge in [-0.2, -0.15) is 0 Å². The Kier molecular flexibility index (Phi) is 4.48. The van der Waals surface area contributed by atoms with Crippen LogP contribution >= 0.6 is 0 Å². The van der Waals surface area contributed by atoms with E-state index in [0.29, 0.717) is 18.5 Å². The predicted octanol–water partition coefficient (Wildman–Crippen LogP) is 3.57. The second-order valence-corrected chi connectivity index (χ2v) is 6.54. The Morgan fingerprint density at radius 3 is 2.50 bits per heavy atom. The number of aliphatic carboxylic acids is 1. The molecule has 0 aromatic heterocycles. The molecule has 110 valence electrons. The predicted molar refractivity (Wildman–Crippen MR) is 80.6 cm³/mol. The number of hydrogen-bond donors (Lipinski definition) is 1. The summed E-state index contributed by atoms with van der Waals surface area (Å²) in [6, 6.07) is 10.7. The minimum absolute atomic E-state index is 0.301. The maximum Gasteiger partial charge on any atom is 0.310 e. The zero-order valence-electron chi connectivity index (χ0n) is 12.7. The van der Waals surface area contributed by atoms with Crippen LogP contribution in [0.2, 0.25) is 0 Å². The molecule has 3 heteroatoms. The summed E-state index contributed by atoms with van der Waals surface area (Å²) in [5.41, 5.74) is 0.678. The Bertz CT molecular complexity index is 457. The minimum Gasteiger partial charge on any atom is -0.481 e. The molecule has 1 N–H and O–H groups in total. The van der Waals surface area contributed by atoms with Crippen molar-refractivity contribution in [2.75, 3.05) is 13.1 Å². The van der Waals surface area contributed by atoms with E-state index in [0.717, 1.165) is 19.4 Å². The fourth-order valence-corrected chi connectivity index (χ4v) is 3.36. The van der Waals surface area contributed by atoms with Crippen molar-refractivity contribution < 1.29 is 9.90 Å². The maximum atomic E-state index is 11.5. The molecule has 0 radical (unpaired) electrons. The molecule has 1 heterocycles. The van der Waals surface area contributed by atoms with Gasteiger partial charge in [-0.05, 0) is 37.8 Å². The van der Waals surface area contributed by atoms with E-state index in [1.165, 1.54) is 5.56 Å². The first-order valence-electron chi connectivity index (χ1n) is 7.46. The summed E-state index contributed by atoms with van der Waals surface area (Å²) >= 11 is 0. The molecule has 1 aliphatic heterocycles. The molecular weight excluding hydrogens is 250 g/mol. The van der Waals surface area contributed by atoms with Crippen LogP contribution in [0.3, 0.4) is 0 Å². The highest BCUT2D eigenvalue weighted by molar-refractivity contribution is 5.74. The average molecular weight is 275 g/mol. The molecule has 2 atom stereocenters. The van der Waals surface area contributed by atoms with E-state index in [-0.39, 0.29) is 0 Å². The number of carboxylic acids is 1. The average Bonchev–Trinajstić information content (AvgIpc) is 2.39. The molecule has 3 nitrogen and oxygen atoms in total. The molecule has 1 saturated heterocycles. The molecule has 20 heavy (non-hydrogen) atoms. The zero-order valence-corrected chi connectivity index (χ0v) is 12.7. The van der Waals surface area contributed by atoms with Gasteiger partial charge in [-0.25, -0.2) is 0 Å². The first kappa shape index (κ1) is 15.0. The molecule has 1 aromatic rings. The van der Waals surface area contributed by atoms with Crippen LogP contribution in [0.1, 0.15) is 45.2 Å². The molecule has 1 aliphatic rings. The summed E-state index contributed by atoms with van der Waals surface area (Å²) in [4.78, 5) is 13.9. The van der Waals surface area contributed by atoms with Crippen molar-refractivity contribution in [3.63, 3.8) is 0 Å². The SMILES string of the molecule is CC(C)C(c1ccccc1)N1CCCC(C)(C(=O)O)C1. The van der Waals surface area contributed by atoms with E-state index in [1.54, 1.807) is 0 Å². The summed E-state index contributed by atoms with van der Waals surface area (Å²) in [6.45, 7) is 7.93. The van der Waals surface area contributed by atoms with Crippen molar-refractivity contribution in [3.05, 3.63) is 35.9 Å². The molecule has 0 amide bonds. The first-order chi connectivity index (χ1) is 9.44. The second kappa shape index (κ2) is 5.96. The number of carbonyl (C=O) groups is 1. The number of carboxylic acid groups (broad SMARTS) is 1. The van der Waals surface area contributed by atoms with Gasteiger partial charge in [0, 0.05) is 12.6 Å². The number of nitrogens with zero attached hydrogens (tertiary/aromatic N) is 1. The van der Waals surface area contributed by atoms with E-state index in [2.05, 4.69) is 43.0 Å². The van der Waals surface area contributed by atoms with Crippen molar-refractivity contribution in [2.24, 2.45) is 11.3 Å². The van der Waals surface area contributed by atoms with Crippen LogP contribution in [0.5, 0.6) is 0 Å². The third-order valence-corrected chi connectivity index (χ3v) is 4.41. The van der Waals surface area contributed by atoms with Crippen LogP contribution in [0, 0.1) is 11.3 Å². The molecule has 0 saturated carbocycles. The van der Waals surface area contributed by atoms with E-state index >= 15 is 0 Å². The van der Waals surface area contributed by atoms with Gasteiger partial charge in [-0.1, -0.05) is 44.2 Å². The number of benzene rings is 1. The minimum atomic E-state index is -0.669. The lowest BCUT2D eigenvalue weighted by Crippen LogP contribution is -2.48. The van der Waals surface area contributed by atoms with Gasteiger partial charge in [0.15, 0.2) is 0 Å². The van der Waals surface area contributed by atoms with E-state index in [9.17, 15) is 9.90 Å². The van der Waals surface area contributed by atoms with E-state index < -0.39 is 11.4 Å². The third-order valence-electron chi connectivity index (χ3n) is 4.41. The monoisotopic (exact) mass is 275 g/mol. The number of hydrogen-bond acceptors (Lipinski definition) is 2. The smallest absolute Gasteiger partial charge is 0.310 e. The number of likely N-dealkylation sites (tertiary alicyclic amines) is 1. The van der Waals surface area contributed by atoms with Crippen molar-refractivity contribution >= 4 is 5.97 Å². The van der Waals surface area contributed by atoms with Crippen molar-refractivity contribution in [1.29, 1.82) is 0 Å². The molecule has 2 rings (SSSR count). The fraction of sp³-hybridized carbons (Fsp3) is 0.588. The topological polar surface area (TPSA) is 40.5 Å². The highest BCUT2D eigenvalue weighted by Gasteiger charge is 2.40. The Morgan fingerprint density at radius 2 is 1.95 bits per heavy atom. The Morgan fingerprint density at radius 1 is 1.30 bits per heavy atom. The van der Waals surface area contributed by atoms with Gasteiger partial charge >= 0.3 is 5.97 Å². The molecule has 1 aromatic carbocycles. The third kappa shape index (κ3) is 3.04. The lowest BCUT2D eigenvalue weighted by Gasteiger charge is -2.43. The van der Waals surface area contributed by atoms with Crippen LogP contribution in [0.25, 0.3) is 0 Å². The molecule has 0 spiro atoms. The largest absolute Gasteiger partial charge is 0.481 e. The summed E-state index contributed by atoms with van der Waals surface area (Å²) in [6.07, 6.45) is 1.73. The lowest BCUT2D eigenvalue weighted by atomic mass is 9.80. The van der Waals surface area contributed by atoms with Crippen molar-refractivity contribution in [1.82, 2.24) is 4.90 Å². The summed E-state index contributed by atoms with van der Waals surface area (Å²) in [7, 11) is 0. The fourth-order valence-electron chi connectivity index (χ4n) is 3.36. The van der Waals surface area contributed by atoms with Gasteiger partial charge in [0.05, 0.1) is 5.41 Å². The van der Waals surface area contributed by atoms with Gasteiger partial charge in [0.2, 0.25) is 0 Å². The Labute approximate surface area is 121 Å². The van der Waals surface area contributed by atoms with Gasteiger partial charge in [-0.15, -0.1) is 0 Å². The van der Waals surface area contributed by atoms with Crippen molar-refractivity contribution in [3.8, 4) is 0 Å². The highest BCUT2D eigenvalue weighted by Crippen LogP contribution is 2.37. The summed E-state index contributed by atoms with van der Waals surface area (Å²) < 4.78 is 0. The molecule has 0 bridgehead atoms. The Balaban J connectivity index is 2.24. The van der Waals surface area contributed by atoms with Crippen LogP contribution in [0.4, 0.5) is 0 Å². The second-order valence-electron chi connectivity index (χ2n) is 6.54. The normalized spacial score (nSPS) is 25.6. The van der Waals surface area contributed by atoms with Crippen LogP contribution in [0.15, 0.2) is 30.3 Å². The van der Waals surface area contributed by atoms with Crippen LogP contribution in [-0.2, 0) is 4.79 Å². The number of piperidine rings is 1. The summed E-state index contributed by atoms with van der Waals surface area (Å²) in [5.74, 6) is -0.202. The van der Waals surface area contributed by atoms with Crippen LogP contribution < -0.4 is 0 Å². The van der Waals surface area contributed by atoms with E-state index in [1.807, 2.05) is 13.0 Å². The quantitative estimate of drug-likeness (QED) is 0.913. The van der Waals surface area contributed by atoms with Gasteiger partial charge in [-0.3, -0.25) is 9.69 Å². The Hall–Kier alpha value is -1.35. The summed E-state index contributed by atoms with van der Waals surface area (Å²) in [5, 5.41) is 9.48. The van der Waals surface area contributed by atoms with E-state index in [4.69, 9.17) is 0 Å². The highest BCUT2D eigenvalue weighted by atomic mass is 16.4. The first-order valence-corrected chi connectivity index (χ1v) is 7.46. The standard InChI is InChI=1S/C17H25NO2/c1-13(2)15(14-8-5-4-6-9-14)18-11-7-10-17(3,12-18)16(19)20/h4-6,8-9,13,15H,7,10-12H2,1-3H3,(H,19,20). The van der Waals surface area contributed by atoms with Gasteiger partial charge in [0.25, 0.3) is 0 Å². The maximum absolute atomic E-state index is 11.5. The number of rotatable bonds is 4. The molecule has 1 fully saturated rings. The van der Waals surface area contributed by atoms with Gasteiger partial charge < -0.3 is 5.11 Å². The molecule has 0 aliphatic carbocycles. The molecule has 2 unspecified atom stereocenters. The zero-order chi connectivity index (χ0) is 14.8. The molecular formula is C17H25NO2.